The van der Waals surface area contributed by atoms with Gasteiger partial charge in [0, 0.05) is 19.7 Å². The fourth-order valence-corrected chi connectivity index (χ4v) is 1.79. The lowest BCUT2D eigenvalue weighted by molar-refractivity contribution is 0.101. The van der Waals surface area contributed by atoms with Gasteiger partial charge in [0.05, 0.1) is 18.7 Å². The van der Waals surface area contributed by atoms with Gasteiger partial charge in [-0.25, -0.2) is 0 Å². The molecule has 2 unspecified atom stereocenters. The van der Waals surface area contributed by atoms with Gasteiger partial charge in [-0.1, -0.05) is 13.8 Å². The maximum absolute atomic E-state index is 8.93. The molecule has 16 heavy (non-hydrogen) atoms. The quantitative estimate of drug-likeness (QED) is 0.644. The third-order valence-corrected chi connectivity index (χ3v) is 2.75. The second kappa shape index (κ2) is 9.59. The molecule has 0 saturated carbocycles. The first-order valence-corrected chi connectivity index (χ1v) is 6.05. The van der Waals surface area contributed by atoms with Crippen LogP contribution in [0.5, 0.6) is 0 Å². The number of hydrogen-bond acceptors (Lipinski definition) is 4. The second-order valence-electron chi connectivity index (χ2n) is 3.96. The van der Waals surface area contributed by atoms with Gasteiger partial charge in [0.25, 0.3) is 0 Å². The highest BCUT2D eigenvalue weighted by Gasteiger charge is 2.14. The summed E-state index contributed by atoms with van der Waals surface area (Å²) in [6.45, 7) is 9.84. The SMILES string of the molecule is CCNC(C#N)CCN(CC)C(C)COC. The molecule has 0 heterocycles. The van der Waals surface area contributed by atoms with Crippen molar-refractivity contribution < 1.29 is 4.74 Å². The van der Waals surface area contributed by atoms with Crippen LogP contribution in [0.2, 0.25) is 0 Å². The van der Waals surface area contributed by atoms with Crippen LogP contribution in [0.15, 0.2) is 0 Å². The predicted molar refractivity (Wildman–Crippen MR) is 66.3 cm³/mol. The van der Waals surface area contributed by atoms with E-state index in [-0.39, 0.29) is 6.04 Å². The number of methoxy groups -OCH3 is 1. The standard InChI is InChI=1S/C12H25N3O/c1-5-14-12(9-13)7-8-15(6-2)11(3)10-16-4/h11-12,14H,5-8,10H2,1-4H3. The molecule has 0 aliphatic carbocycles. The monoisotopic (exact) mass is 227 g/mol. The summed E-state index contributed by atoms with van der Waals surface area (Å²) in [5.74, 6) is 0. The molecule has 0 radical (unpaired) electrons. The van der Waals surface area contributed by atoms with Gasteiger partial charge in [0.1, 0.15) is 0 Å². The molecule has 4 heteroatoms. The van der Waals surface area contributed by atoms with E-state index in [0.717, 1.165) is 32.7 Å². The van der Waals surface area contributed by atoms with Crippen molar-refractivity contribution in [3.63, 3.8) is 0 Å². The number of rotatable bonds is 9. The molecule has 0 amide bonds. The van der Waals surface area contributed by atoms with Crippen molar-refractivity contribution in [3.05, 3.63) is 0 Å². The number of nitrogens with zero attached hydrogens (tertiary/aromatic N) is 2. The van der Waals surface area contributed by atoms with E-state index < -0.39 is 0 Å². The third kappa shape index (κ3) is 6.06. The van der Waals surface area contributed by atoms with E-state index in [2.05, 4.69) is 30.1 Å². The zero-order chi connectivity index (χ0) is 12.4. The fourth-order valence-electron chi connectivity index (χ4n) is 1.79. The first kappa shape index (κ1) is 15.4. The molecule has 2 atom stereocenters. The molecular weight excluding hydrogens is 202 g/mol. The third-order valence-electron chi connectivity index (χ3n) is 2.75. The minimum absolute atomic E-state index is 0.0335. The number of likely N-dealkylation sites (N-methyl/N-ethyl adjacent to an activating group) is 1. The minimum Gasteiger partial charge on any atom is -0.383 e. The molecule has 0 aromatic carbocycles. The van der Waals surface area contributed by atoms with Gasteiger partial charge in [-0.3, -0.25) is 4.90 Å². The van der Waals surface area contributed by atoms with Crippen LogP contribution in [0.1, 0.15) is 27.2 Å². The molecule has 0 aromatic rings. The van der Waals surface area contributed by atoms with Crippen LogP contribution in [0, 0.1) is 11.3 Å². The van der Waals surface area contributed by atoms with E-state index in [1.807, 2.05) is 6.92 Å². The molecule has 0 aromatic heterocycles. The lowest BCUT2D eigenvalue weighted by Crippen LogP contribution is -2.39. The molecule has 0 rings (SSSR count). The smallest absolute Gasteiger partial charge is 0.0965 e. The summed E-state index contributed by atoms with van der Waals surface area (Å²) in [5.41, 5.74) is 0. The molecule has 4 nitrogen and oxygen atoms in total. The first-order chi connectivity index (χ1) is 7.69. The van der Waals surface area contributed by atoms with Crippen molar-refractivity contribution in [2.45, 2.75) is 39.3 Å². The van der Waals surface area contributed by atoms with E-state index in [9.17, 15) is 0 Å². The van der Waals surface area contributed by atoms with Gasteiger partial charge in [-0.15, -0.1) is 0 Å². The molecular formula is C12H25N3O. The summed E-state index contributed by atoms with van der Waals surface area (Å²) in [6, 6.07) is 2.66. The van der Waals surface area contributed by atoms with Crippen LogP contribution >= 0.6 is 0 Å². The Kier molecular flexibility index (Phi) is 9.21. The van der Waals surface area contributed by atoms with E-state index in [1.165, 1.54) is 0 Å². The van der Waals surface area contributed by atoms with Crippen LogP contribution in [0.3, 0.4) is 0 Å². The summed E-state index contributed by atoms with van der Waals surface area (Å²) >= 11 is 0. The average molecular weight is 227 g/mol. The fraction of sp³-hybridized carbons (Fsp3) is 0.917. The number of nitrogens with one attached hydrogen (secondary N) is 1. The van der Waals surface area contributed by atoms with Crippen molar-refractivity contribution in [1.82, 2.24) is 10.2 Å². The van der Waals surface area contributed by atoms with Gasteiger partial charge >= 0.3 is 0 Å². The van der Waals surface area contributed by atoms with E-state index in [1.54, 1.807) is 7.11 Å². The summed E-state index contributed by atoms with van der Waals surface area (Å²) in [4.78, 5) is 2.34. The molecule has 0 aliphatic heterocycles. The van der Waals surface area contributed by atoms with Crippen molar-refractivity contribution in [3.8, 4) is 6.07 Å². The summed E-state index contributed by atoms with van der Waals surface area (Å²) in [5, 5.41) is 12.1. The Bertz CT molecular complexity index is 203. The van der Waals surface area contributed by atoms with Crippen molar-refractivity contribution in [1.29, 1.82) is 5.26 Å². The highest BCUT2D eigenvalue weighted by Crippen LogP contribution is 2.02. The lowest BCUT2D eigenvalue weighted by atomic mass is 10.2. The van der Waals surface area contributed by atoms with Crippen LogP contribution < -0.4 is 5.32 Å². The zero-order valence-corrected chi connectivity index (χ0v) is 11.0. The summed E-state index contributed by atoms with van der Waals surface area (Å²) in [7, 11) is 1.72. The highest BCUT2D eigenvalue weighted by atomic mass is 16.5. The van der Waals surface area contributed by atoms with E-state index in [0.29, 0.717) is 6.04 Å². The maximum Gasteiger partial charge on any atom is 0.0965 e. The number of hydrogen-bond donors (Lipinski definition) is 1. The highest BCUT2D eigenvalue weighted by molar-refractivity contribution is 4.90. The van der Waals surface area contributed by atoms with Crippen LogP contribution in [0.4, 0.5) is 0 Å². The zero-order valence-electron chi connectivity index (χ0n) is 11.0. The average Bonchev–Trinajstić information content (AvgIpc) is 2.28. The maximum atomic E-state index is 8.93. The Morgan fingerprint density at radius 1 is 1.44 bits per heavy atom. The van der Waals surface area contributed by atoms with E-state index >= 15 is 0 Å². The van der Waals surface area contributed by atoms with Gasteiger partial charge in [-0.05, 0) is 26.4 Å². The first-order valence-electron chi connectivity index (χ1n) is 6.05. The normalized spacial score (nSPS) is 14.8. The molecule has 0 bridgehead atoms. The minimum atomic E-state index is -0.0335. The van der Waals surface area contributed by atoms with Gasteiger partial charge in [0.2, 0.25) is 0 Å². The van der Waals surface area contributed by atoms with Gasteiger partial charge < -0.3 is 10.1 Å². The Morgan fingerprint density at radius 2 is 2.12 bits per heavy atom. The Labute approximate surface area is 99.6 Å². The van der Waals surface area contributed by atoms with Crippen LogP contribution in [0.25, 0.3) is 0 Å². The number of ether oxygens (including phenoxy) is 1. The lowest BCUT2D eigenvalue weighted by Gasteiger charge is -2.28. The second-order valence-corrected chi connectivity index (χ2v) is 3.96. The molecule has 0 spiro atoms. The topological polar surface area (TPSA) is 48.3 Å². The Hall–Kier alpha value is -0.630. The summed E-state index contributed by atoms with van der Waals surface area (Å²) in [6.07, 6.45) is 0.867. The molecule has 1 N–H and O–H groups in total. The molecule has 0 fully saturated rings. The summed E-state index contributed by atoms with van der Waals surface area (Å²) < 4.78 is 5.14. The number of nitriles is 1. The molecule has 0 saturated heterocycles. The largest absolute Gasteiger partial charge is 0.383 e. The van der Waals surface area contributed by atoms with Crippen LogP contribution in [-0.2, 0) is 4.74 Å². The van der Waals surface area contributed by atoms with Gasteiger partial charge in [0.15, 0.2) is 0 Å². The predicted octanol–water partition coefficient (Wildman–Crippen LogP) is 1.23. The Morgan fingerprint density at radius 3 is 2.56 bits per heavy atom. The van der Waals surface area contributed by atoms with Crippen molar-refractivity contribution >= 4 is 0 Å². The van der Waals surface area contributed by atoms with Gasteiger partial charge in [-0.2, -0.15) is 5.26 Å². The van der Waals surface area contributed by atoms with Crippen molar-refractivity contribution in [2.75, 3.05) is 33.4 Å². The Balaban J connectivity index is 3.98. The van der Waals surface area contributed by atoms with Crippen LogP contribution in [-0.4, -0.2) is 50.3 Å². The van der Waals surface area contributed by atoms with Crippen molar-refractivity contribution in [2.24, 2.45) is 0 Å². The molecule has 0 aliphatic rings. The van der Waals surface area contributed by atoms with E-state index in [4.69, 9.17) is 10.00 Å². The molecule has 94 valence electrons.